The lowest BCUT2D eigenvalue weighted by atomic mass is 10.3. The highest BCUT2D eigenvalue weighted by Gasteiger charge is 2.17. The molecule has 7 heteroatoms. The van der Waals surface area contributed by atoms with Crippen LogP contribution in [0.1, 0.15) is 0 Å². The summed E-state index contributed by atoms with van der Waals surface area (Å²) in [4.78, 5) is 9.23. The van der Waals surface area contributed by atoms with Crippen molar-refractivity contribution < 1.29 is 4.55 Å². The number of hydrogen-bond acceptors (Lipinski definition) is 5. The zero-order valence-corrected chi connectivity index (χ0v) is 10.5. The molecule has 0 aliphatic heterocycles. The van der Waals surface area contributed by atoms with E-state index in [4.69, 9.17) is 0 Å². The van der Waals surface area contributed by atoms with Gasteiger partial charge in [0.15, 0.2) is 0 Å². The number of hydrogen-bond donors (Lipinski definition) is 0. The van der Waals surface area contributed by atoms with Crippen LogP contribution in [-0.4, -0.2) is 30.4 Å². The summed E-state index contributed by atoms with van der Waals surface area (Å²) in [7, 11) is 0. The Morgan fingerprint density at radius 3 is 2.94 bits per heavy atom. The zero-order valence-electron chi connectivity index (χ0n) is 8.90. The Bertz CT molecular complexity index is 647. The van der Waals surface area contributed by atoms with Crippen LogP contribution in [0.15, 0.2) is 34.9 Å². The lowest BCUT2D eigenvalue weighted by Crippen LogP contribution is -1.98. The van der Waals surface area contributed by atoms with Crippen molar-refractivity contribution in [1.82, 2.24) is 19.6 Å². The molecule has 1 unspecified atom stereocenters. The van der Waals surface area contributed by atoms with Gasteiger partial charge >= 0.3 is 4.34 Å². The van der Waals surface area contributed by atoms with E-state index in [1.165, 1.54) is 11.3 Å². The second kappa shape index (κ2) is 4.10. The van der Waals surface area contributed by atoms with E-state index in [1.807, 2.05) is 18.2 Å². The normalized spacial score (nSPS) is 13.1. The summed E-state index contributed by atoms with van der Waals surface area (Å²) in [6.45, 7) is 0. The van der Waals surface area contributed by atoms with Crippen LogP contribution in [0, 0.1) is 0 Å². The van der Waals surface area contributed by atoms with Crippen molar-refractivity contribution in [2.45, 2.75) is 4.34 Å². The first-order valence-electron chi connectivity index (χ1n) is 4.85. The van der Waals surface area contributed by atoms with Crippen molar-refractivity contribution in [3.05, 3.63) is 30.6 Å². The van der Waals surface area contributed by atoms with Crippen LogP contribution in [0.25, 0.3) is 16.3 Å². The third-order valence-electron chi connectivity index (χ3n) is 2.24. The molecule has 0 aliphatic carbocycles. The molecule has 3 aromatic heterocycles. The summed E-state index contributed by atoms with van der Waals surface area (Å²) < 4.78 is 13.6. The van der Waals surface area contributed by atoms with Crippen molar-refractivity contribution in [2.24, 2.45) is 0 Å². The van der Waals surface area contributed by atoms with Gasteiger partial charge in [-0.15, -0.1) is 5.10 Å². The molecule has 0 saturated carbocycles. The molecule has 0 fully saturated rings. The molecule has 1 atom stereocenters. The highest BCUT2D eigenvalue weighted by atomic mass is 32.2. The summed E-state index contributed by atoms with van der Waals surface area (Å²) >= 11 is 0.255. The van der Waals surface area contributed by atoms with Crippen LogP contribution in [0.3, 0.4) is 0 Å². The number of rotatable bonds is 2. The third kappa shape index (κ3) is 1.82. The molecule has 86 valence electrons. The number of fused-ring (bicyclic) bond motifs is 1. The minimum Gasteiger partial charge on any atom is -0.610 e. The molecule has 3 rings (SSSR count). The fourth-order valence-electron chi connectivity index (χ4n) is 1.48. The largest absolute Gasteiger partial charge is 0.610 e. The van der Waals surface area contributed by atoms with E-state index in [-0.39, 0.29) is 0 Å². The van der Waals surface area contributed by atoms with E-state index in [0.29, 0.717) is 4.34 Å². The Balaban J connectivity index is 2.18. The van der Waals surface area contributed by atoms with Crippen LogP contribution in [0.2, 0.25) is 0 Å². The number of aromatic nitrogens is 4. The molecule has 0 amide bonds. The van der Waals surface area contributed by atoms with E-state index < -0.39 is 11.2 Å². The molecule has 0 N–H and O–H groups in total. The highest BCUT2D eigenvalue weighted by molar-refractivity contribution is 7.92. The van der Waals surface area contributed by atoms with Gasteiger partial charge in [0.2, 0.25) is 4.96 Å². The van der Waals surface area contributed by atoms with Gasteiger partial charge in [0, 0.05) is 17.4 Å². The Hall–Kier alpha value is -1.44. The van der Waals surface area contributed by atoms with Crippen LogP contribution in [0.5, 0.6) is 0 Å². The minimum atomic E-state index is -1.08. The van der Waals surface area contributed by atoms with Gasteiger partial charge in [-0.05, 0) is 23.5 Å². The molecule has 0 aromatic carbocycles. The Morgan fingerprint density at radius 2 is 2.24 bits per heavy atom. The standard InChI is InChI=1S/C10H8N4OS2/c1-17(15)10-13-14-8(6-12-9(14)16-10)7-4-2-3-5-11-7/h2-6H,1H3. The minimum absolute atomic E-state index is 0.574. The monoisotopic (exact) mass is 264 g/mol. The summed E-state index contributed by atoms with van der Waals surface area (Å²) in [6.07, 6.45) is 5.06. The molecule has 5 nitrogen and oxygen atoms in total. The predicted molar refractivity (Wildman–Crippen MR) is 66.4 cm³/mol. The van der Waals surface area contributed by atoms with Crippen LogP contribution < -0.4 is 0 Å². The summed E-state index contributed by atoms with van der Waals surface area (Å²) in [5, 5.41) is 4.28. The SMILES string of the molecule is C[S+]([O-])c1nn2c(-c3ccccn3)cnc2s1. The first-order valence-corrected chi connectivity index (χ1v) is 7.22. The molecule has 0 saturated heterocycles. The maximum Gasteiger partial charge on any atom is 0.321 e. The molecule has 3 aromatic rings. The average Bonchev–Trinajstić information content (AvgIpc) is 2.89. The van der Waals surface area contributed by atoms with Gasteiger partial charge < -0.3 is 4.55 Å². The lowest BCUT2D eigenvalue weighted by molar-refractivity contribution is 0.598. The second-order valence-electron chi connectivity index (χ2n) is 3.37. The summed E-state index contributed by atoms with van der Waals surface area (Å²) in [6, 6.07) is 5.66. The quantitative estimate of drug-likeness (QED) is 0.659. The first-order chi connectivity index (χ1) is 8.25. The van der Waals surface area contributed by atoms with Gasteiger partial charge in [-0.2, -0.15) is 4.52 Å². The van der Waals surface area contributed by atoms with E-state index >= 15 is 0 Å². The van der Waals surface area contributed by atoms with E-state index in [0.717, 1.165) is 16.3 Å². The van der Waals surface area contributed by atoms with Crippen molar-refractivity contribution in [3.63, 3.8) is 0 Å². The topological polar surface area (TPSA) is 66.1 Å². The van der Waals surface area contributed by atoms with Crippen molar-refractivity contribution >= 4 is 27.5 Å². The second-order valence-corrected chi connectivity index (χ2v) is 5.88. The van der Waals surface area contributed by atoms with Gasteiger partial charge in [-0.3, -0.25) is 4.98 Å². The molecule has 0 spiro atoms. The van der Waals surface area contributed by atoms with Crippen LogP contribution in [0.4, 0.5) is 0 Å². The molecule has 17 heavy (non-hydrogen) atoms. The molecule has 0 bridgehead atoms. The number of imidazole rings is 1. The van der Waals surface area contributed by atoms with Crippen molar-refractivity contribution in [3.8, 4) is 11.4 Å². The van der Waals surface area contributed by atoms with Crippen LogP contribution in [-0.2, 0) is 11.2 Å². The van der Waals surface area contributed by atoms with E-state index in [9.17, 15) is 4.55 Å². The number of pyridine rings is 1. The fraction of sp³-hybridized carbons (Fsp3) is 0.100. The maximum absolute atomic E-state index is 11.4. The van der Waals surface area contributed by atoms with Gasteiger partial charge in [-0.25, -0.2) is 4.98 Å². The van der Waals surface area contributed by atoms with Crippen molar-refractivity contribution in [2.75, 3.05) is 6.26 Å². The molecular formula is C10H8N4OS2. The van der Waals surface area contributed by atoms with Gasteiger partial charge in [0.05, 0.1) is 11.9 Å². The zero-order chi connectivity index (χ0) is 11.8. The average molecular weight is 264 g/mol. The Morgan fingerprint density at radius 1 is 1.35 bits per heavy atom. The summed E-state index contributed by atoms with van der Waals surface area (Å²) in [5.74, 6) is 0. The number of nitrogens with zero attached hydrogens (tertiary/aromatic N) is 4. The fourth-order valence-corrected chi connectivity index (χ4v) is 2.98. The molecule has 3 heterocycles. The predicted octanol–water partition coefficient (Wildman–Crippen LogP) is 1.59. The van der Waals surface area contributed by atoms with Crippen molar-refractivity contribution in [1.29, 1.82) is 0 Å². The van der Waals surface area contributed by atoms with Gasteiger partial charge in [0.25, 0.3) is 0 Å². The molecule has 0 aliphatic rings. The van der Waals surface area contributed by atoms with Gasteiger partial charge in [0.1, 0.15) is 11.9 Å². The van der Waals surface area contributed by atoms with E-state index in [1.54, 1.807) is 23.2 Å². The first kappa shape index (κ1) is 10.7. The molecule has 0 radical (unpaired) electrons. The molecular weight excluding hydrogens is 256 g/mol. The van der Waals surface area contributed by atoms with Gasteiger partial charge in [-0.1, -0.05) is 6.07 Å². The lowest BCUT2D eigenvalue weighted by Gasteiger charge is -1.97. The maximum atomic E-state index is 11.4. The smallest absolute Gasteiger partial charge is 0.321 e. The summed E-state index contributed by atoms with van der Waals surface area (Å²) in [5.41, 5.74) is 1.62. The highest BCUT2D eigenvalue weighted by Crippen LogP contribution is 2.24. The van der Waals surface area contributed by atoms with E-state index in [2.05, 4.69) is 15.1 Å². The van der Waals surface area contributed by atoms with Crippen LogP contribution >= 0.6 is 11.3 Å². The Labute approximate surface area is 104 Å². The third-order valence-corrected chi connectivity index (χ3v) is 4.48. The Kier molecular flexibility index (Phi) is 2.58.